The van der Waals surface area contributed by atoms with Crippen LogP contribution in [0.4, 0.5) is 0 Å². The molecule has 0 amide bonds. The Kier molecular flexibility index (Phi) is 3.47. The molecule has 70 valence electrons. The van der Waals surface area contributed by atoms with Gasteiger partial charge in [0, 0.05) is 18.2 Å². The summed E-state index contributed by atoms with van der Waals surface area (Å²) in [6.07, 6.45) is 1.75. The quantitative estimate of drug-likeness (QED) is 0.695. The molecule has 0 N–H and O–H groups in total. The maximum Gasteiger partial charge on any atom is 0.253 e. The molecule has 0 aliphatic rings. The van der Waals surface area contributed by atoms with Gasteiger partial charge in [-0.3, -0.25) is 4.57 Å². The predicted octanol–water partition coefficient (Wildman–Crippen LogP) is 2.77. The lowest BCUT2D eigenvalue weighted by Crippen LogP contribution is -2.02. The van der Waals surface area contributed by atoms with Crippen molar-refractivity contribution in [3.05, 3.63) is 42.2 Å². The third-order valence-corrected chi connectivity index (χ3v) is 3.98. The first-order chi connectivity index (χ1) is 6.23. The molecule has 0 heterocycles. The molecule has 3 heteroatoms. The zero-order valence-corrected chi connectivity index (χ0v) is 8.70. The molecule has 0 fully saturated rings. The highest BCUT2D eigenvalue weighted by Crippen LogP contribution is 2.46. The van der Waals surface area contributed by atoms with Crippen LogP contribution < -0.4 is 5.30 Å². The molecule has 1 rings (SSSR count). The summed E-state index contributed by atoms with van der Waals surface area (Å²) >= 11 is 0. The van der Waals surface area contributed by atoms with Gasteiger partial charge in [-0.15, -0.1) is 0 Å². The number of rotatable bonds is 3. The average Bonchev–Trinajstić information content (AvgIpc) is 2.19. The van der Waals surface area contributed by atoms with Crippen molar-refractivity contribution in [3.8, 4) is 0 Å². The van der Waals surface area contributed by atoms with Crippen LogP contribution in [0, 0.1) is 0 Å². The summed E-state index contributed by atoms with van der Waals surface area (Å²) in [5.74, 6) is 1.61. The molecule has 2 nitrogen and oxygen atoms in total. The molecule has 0 aliphatic heterocycles. The average molecular weight is 196 g/mol. The first kappa shape index (κ1) is 10.2. The monoisotopic (exact) mass is 196 g/mol. The Labute approximate surface area is 78.7 Å². The molecule has 0 bridgehead atoms. The Balaban J connectivity index is 3.11. The predicted molar refractivity (Wildman–Crippen MR) is 55.5 cm³/mol. The van der Waals surface area contributed by atoms with Gasteiger partial charge < -0.3 is 4.52 Å². The van der Waals surface area contributed by atoms with Gasteiger partial charge in [-0.25, -0.2) is 0 Å². The van der Waals surface area contributed by atoms with Crippen molar-refractivity contribution in [1.82, 2.24) is 0 Å². The van der Waals surface area contributed by atoms with Gasteiger partial charge >= 0.3 is 0 Å². The summed E-state index contributed by atoms with van der Waals surface area (Å²) in [4.78, 5) is 0. The molecule has 0 aromatic heterocycles. The van der Waals surface area contributed by atoms with Gasteiger partial charge in [-0.05, 0) is 19.1 Å². The molecule has 1 unspecified atom stereocenters. The summed E-state index contributed by atoms with van der Waals surface area (Å²) in [5, 5.41) is 0.732. The maximum atomic E-state index is 12.1. The SMILES string of the molecule is C/C=C\P(=O)(OC)c1ccccc1. The van der Waals surface area contributed by atoms with Gasteiger partial charge in [-0.2, -0.15) is 0 Å². The Morgan fingerprint density at radius 2 is 1.92 bits per heavy atom. The molecule has 0 saturated heterocycles. The number of allylic oxidation sites excluding steroid dienone is 1. The van der Waals surface area contributed by atoms with Crippen LogP contribution in [0.3, 0.4) is 0 Å². The van der Waals surface area contributed by atoms with Crippen molar-refractivity contribution in [2.24, 2.45) is 0 Å². The topological polar surface area (TPSA) is 26.3 Å². The standard InChI is InChI=1S/C10H13O2P/c1-3-9-13(11,12-2)10-7-5-4-6-8-10/h3-9H,1-2H3/b9-3-. The van der Waals surface area contributed by atoms with E-state index in [4.69, 9.17) is 4.52 Å². The van der Waals surface area contributed by atoms with E-state index in [0.717, 1.165) is 5.30 Å². The van der Waals surface area contributed by atoms with E-state index in [-0.39, 0.29) is 0 Å². The maximum absolute atomic E-state index is 12.1. The van der Waals surface area contributed by atoms with Crippen LogP contribution in [-0.4, -0.2) is 7.11 Å². The fourth-order valence-corrected chi connectivity index (χ4v) is 2.57. The third-order valence-electron chi connectivity index (χ3n) is 1.73. The Morgan fingerprint density at radius 1 is 1.31 bits per heavy atom. The summed E-state index contributed by atoms with van der Waals surface area (Å²) in [5.41, 5.74) is 0. The smallest absolute Gasteiger partial charge is 0.253 e. The number of benzene rings is 1. The number of hydrogen-bond acceptors (Lipinski definition) is 2. The molecule has 0 spiro atoms. The second kappa shape index (κ2) is 4.40. The van der Waals surface area contributed by atoms with Gasteiger partial charge in [0.15, 0.2) is 0 Å². The lowest BCUT2D eigenvalue weighted by atomic mass is 10.4. The van der Waals surface area contributed by atoms with Crippen molar-refractivity contribution in [3.63, 3.8) is 0 Å². The van der Waals surface area contributed by atoms with E-state index >= 15 is 0 Å². The minimum Gasteiger partial charge on any atom is -0.326 e. The highest BCUT2D eigenvalue weighted by Gasteiger charge is 2.19. The lowest BCUT2D eigenvalue weighted by molar-refractivity contribution is 0.411. The van der Waals surface area contributed by atoms with E-state index in [2.05, 4.69) is 0 Å². The van der Waals surface area contributed by atoms with Gasteiger partial charge in [0.05, 0.1) is 0 Å². The van der Waals surface area contributed by atoms with Gasteiger partial charge in [0.25, 0.3) is 7.37 Å². The van der Waals surface area contributed by atoms with Gasteiger partial charge in [-0.1, -0.05) is 24.3 Å². The Bertz CT molecular complexity index is 330. The van der Waals surface area contributed by atoms with Crippen LogP contribution in [0.25, 0.3) is 0 Å². The molecule has 0 aliphatic carbocycles. The van der Waals surface area contributed by atoms with Crippen LogP contribution in [-0.2, 0) is 9.09 Å². The van der Waals surface area contributed by atoms with Crippen LogP contribution >= 0.6 is 7.37 Å². The fourth-order valence-electron chi connectivity index (χ4n) is 1.08. The van der Waals surface area contributed by atoms with Gasteiger partial charge in [0.1, 0.15) is 0 Å². The van der Waals surface area contributed by atoms with Crippen LogP contribution in [0.1, 0.15) is 6.92 Å². The zero-order chi connectivity index (χ0) is 9.73. The van der Waals surface area contributed by atoms with Crippen molar-refractivity contribution >= 4 is 12.7 Å². The Hall–Kier alpha value is -0.850. The van der Waals surface area contributed by atoms with E-state index in [1.54, 1.807) is 11.9 Å². The minimum atomic E-state index is -2.73. The second-order valence-electron chi connectivity index (χ2n) is 2.60. The highest BCUT2D eigenvalue weighted by molar-refractivity contribution is 7.69. The fraction of sp³-hybridized carbons (Fsp3) is 0.200. The normalized spacial score (nSPS) is 15.8. The van der Waals surface area contributed by atoms with Crippen molar-refractivity contribution in [1.29, 1.82) is 0 Å². The molecule has 0 radical (unpaired) electrons. The largest absolute Gasteiger partial charge is 0.326 e. The minimum absolute atomic E-state index is 0.732. The van der Waals surface area contributed by atoms with Crippen LogP contribution in [0.15, 0.2) is 42.2 Å². The van der Waals surface area contributed by atoms with Gasteiger partial charge in [0.2, 0.25) is 0 Å². The van der Waals surface area contributed by atoms with Crippen LogP contribution in [0.2, 0.25) is 0 Å². The molecular weight excluding hydrogens is 183 g/mol. The molecule has 0 saturated carbocycles. The first-order valence-electron chi connectivity index (χ1n) is 4.08. The third kappa shape index (κ3) is 2.30. The summed E-state index contributed by atoms with van der Waals surface area (Å²) in [6, 6.07) is 9.21. The van der Waals surface area contributed by atoms with Crippen molar-refractivity contribution < 1.29 is 9.09 Å². The molecule has 1 atom stereocenters. The lowest BCUT2D eigenvalue weighted by Gasteiger charge is -2.11. The van der Waals surface area contributed by atoms with Crippen molar-refractivity contribution in [2.45, 2.75) is 6.92 Å². The van der Waals surface area contributed by atoms with E-state index in [1.165, 1.54) is 7.11 Å². The summed E-state index contributed by atoms with van der Waals surface area (Å²) < 4.78 is 17.1. The van der Waals surface area contributed by atoms with Crippen molar-refractivity contribution in [2.75, 3.05) is 7.11 Å². The highest BCUT2D eigenvalue weighted by atomic mass is 31.2. The van der Waals surface area contributed by atoms with E-state index in [9.17, 15) is 4.57 Å². The van der Waals surface area contributed by atoms with E-state index in [1.807, 2.05) is 37.3 Å². The molecular formula is C10H13O2P. The first-order valence-corrected chi connectivity index (χ1v) is 5.77. The summed E-state index contributed by atoms with van der Waals surface area (Å²) in [7, 11) is -1.27. The molecule has 1 aromatic rings. The number of hydrogen-bond donors (Lipinski definition) is 0. The summed E-state index contributed by atoms with van der Waals surface area (Å²) in [6.45, 7) is 1.83. The molecule has 1 aromatic carbocycles. The molecule has 13 heavy (non-hydrogen) atoms. The second-order valence-corrected chi connectivity index (χ2v) is 4.97. The zero-order valence-electron chi connectivity index (χ0n) is 7.81. The van der Waals surface area contributed by atoms with Crippen LogP contribution in [0.5, 0.6) is 0 Å². The van der Waals surface area contributed by atoms with E-state index in [0.29, 0.717) is 0 Å². The van der Waals surface area contributed by atoms with E-state index < -0.39 is 7.37 Å². The Morgan fingerprint density at radius 3 is 2.38 bits per heavy atom.